The minimum atomic E-state index is -0.360. The third-order valence-corrected chi connectivity index (χ3v) is 5.31. The number of phenolic OH excluding ortho intramolecular Hbond substituents is 1. The zero-order valence-electron chi connectivity index (χ0n) is 15.4. The van der Waals surface area contributed by atoms with Crippen molar-refractivity contribution < 1.29 is 19.5 Å². The van der Waals surface area contributed by atoms with E-state index in [2.05, 4.69) is 5.32 Å². The van der Waals surface area contributed by atoms with Crippen LogP contribution in [0.3, 0.4) is 0 Å². The molecule has 1 heterocycles. The first kappa shape index (κ1) is 18.0. The van der Waals surface area contributed by atoms with Crippen LogP contribution in [-0.2, 0) is 9.59 Å². The van der Waals surface area contributed by atoms with Crippen molar-refractivity contribution in [3.8, 4) is 5.75 Å². The van der Waals surface area contributed by atoms with Crippen molar-refractivity contribution in [1.29, 1.82) is 0 Å². The van der Waals surface area contributed by atoms with Gasteiger partial charge in [-0.2, -0.15) is 0 Å². The summed E-state index contributed by atoms with van der Waals surface area (Å²) in [5, 5.41) is 12.1. The molecule has 1 aliphatic carbocycles. The van der Waals surface area contributed by atoms with Crippen molar-refractivity contribution in [2.75, 3.05) is 10.2 Å². The highest BCUT2D eigenvalue weighted by Crippen LogP contribution is 2.39. The lowest BCUT2D eigenvalue weighted by Crippen LogP contribution is -2.31. The van der Waals surface area contributed by atoms with Crippen molar-refractivity contribution in [3.63, 3.8) is 0 Å². The van der Waals surface area contributed by atoms with Gasteiger partial charge in [0.05, 0.1) is 17.5 Å². The van der Waals surface area contributed by atoms with Gasteiger partial charge in [0.15, 0.2) is 0 Å². The van der Waals surface area contributed by atoms with Crippen LogP contribution < -0.4 is 10.2 Å². The lowest BCUT2D eigenvalue weighted by Gasteiger charge is -2.18. The second-order valence-corrected chi connectivity index (χ2v) is 7.27. The van der Waals surface area contributed by atoms with E-state index >= 15 is 0 Å². The summed E-state index contributed by atoms with van der Waals surface area (Å²) >= 11 is 0. The summed E-state index contributed by atoms with van der Waals surface area (Å²) in [6.45, 7) is 1.98. The highest BCUT2D eigenvalue weighted by atomic mass is 16.3. The molecule has 0 aromatic heterocycles. The van der Waals surface area contributed by atoms with E-state index in [1.165, 1.54) is 17.0 Å². The molecule has 2 aromatic rings. The molecule has 2 aromatic carbocycles. The van der Waals surface area contributed by atoms with Gasteiger partial charge in [0.1, 0.15) is 5.75 Å². The van der Waals surface area contributed by atoms with Gasteiger partial charge in [0.25, 0.3) is 5.91 Å². The number of aromatic hydroxyl groups is 1. The lowest BCUT2D eigenvalue weighted by atomic mass is 9.82. The van der Waals surface area contributed by atoms with Gasteiger partial charge in [-0.15, -0.1) is 0 Å². The molecule has 1 saturated heterocycles. The molecule has 1 fully saturated rings. The predicted molar refractivity (Wildman–Crippen MR) is 105 cm³/mol. The Balaban J connectivity index is 1.57. The fourth-order valence-corrected chi connectivity index (χ4v) is 3.83. The molecule has 0 saturated carbocycles. The lowest BCUT2D eigenvalue weighted by molar-refractivity contribution is -0.122. The van der Waals surface area contributed by atoms with Gasteiger partial charge in [-0.1, -0.05) is 17.7 Å². The first-order valence-corrected chi connectivity index (χ1v) is 9.18. The minimum absolute atomic E-state index is 0.109. The molecular formula is C22H20N2O4. The van der Waals surface area contributed by atoms with Crippen LogP contribution >= 0.6 is 0 Å². The standard InChI is InChI=1S/C22H20N2O4/c1-13-5-10-18-19(11-13)22(28)24(21(18)27)16-4-2-3-14(12-16)20(26)23-15-6-8-17(25)9-7-15/h2-9,12,18-19,25H,10-11H2,1H3,(H,23,26)/t18-,19+/m0/s1. The van der Waals surface area contributed by atoms with Crippen LogP contribution in [0.5, 0.6) is 5.75 Å². The van der Waals surface area contributed by atoms with E-state index in [9.17, 15) is 19.5 Å². The molecule has 3 amide bonds. The van der Waals surface area contributed by atoms with Gasteiger partial charge in [0, 0.05) is 11.3 Å². The molecule has 0 spiro atoms. The monoisotopic (exact) mass is 376 g/mol. The number of hydrogen-bond donors (Lipinski definition) is 2. The average molecular weight is 376 g/mol. The fourth-order valence-electron chi connectivity index (χ4n) is 3.83. The van der Waals surface area contributed by atoms with Gasteiger partial charge in [-0.05, 0) is 62.2 Å². The number of rotatable bonds is 3. The van der Waals surface area contributed by atoms with Crippen molar-refractivity contribution in [2.24, 2.45) is 11.8 Å². The van der Waals surface area contributed by atoms with Crippen LogP contribution in [0.4, 0.5) is 11.4 Å². The Morgan fingerprint density at radius 1 is 1.07 bits per heavy atom. The van der Waals surface area contributed by atoms with Crippen LogP contribution in [0.1, 0.15) is 30.1 Å². The number of imide groups is 1. The third-order valence-electron chi connectivity index (χ3n) is 5.31. The Morgan fingerprint density at radius 3 is 2.54 bits per heavy atom. The van der Waals surface area contributed by atoms with E-state index in [4.69, 9.17) is 0 Å². The first-order valence-electron chi connectivity index (χ1n) is 9.18. The topological polar surface area (TPSA) is 86.7 Å². The van der Waals surface area contributed by atoms with E-state index < -0.39 is 0 Å². The summed E-state index contributed by atoms with van der Waals surface area (Å²) in [6, 6.07) is 12.6. The number of nitrogens with zero attached hydrogens (tertiary/aromatic N) is 1. The van der Waals surface area contributed by atoms with Crippen molar-refractivity contribution >= 4 is 29.1 Å². The SMILES string of the molecule is CC1=CC[C@@H]2C(=O)N(c3cccc(C(=O)Nc4ccc(O)cc4)c3)C(=O)[C@@H]2C1. The number of phenols is 1. The maximum absolute atomic E-state index is 12.9. The van der Waals surface area contributed by atoms with E-state index in [0.29, 0.717) is 29.8 Å². The maximum atomic E-state index is 12.9. The summed E-state index contributed by atoms with van der Waals surface area (Å²) in [5.41, 5.74) is 2.43. The number of fused-ring (bicyclic) bond motifs is 1. The molecule has 6 heteroatoms. The molecule has 0 radical (unpaired) electrons. The van der Waals surface area contributed by atoms with Crippen LogP contribution in [-0.4, -0.2) is 22.8 Å². The Hall–Kier alpha value is -3.41. The number of carbonyl (C=O) groups excluding carboxylic acids is 3. The van der Waals surface area contributed by atoms with Crippen molar-refractivity contribution in [2.45, 2.75) is 19.8 Å². The molecular weight excluding hydrogens is 356 g/mol. The Labute approximate surface area is 162 Å². The largest absolute Gasteiger partial charge is 0.508 e. The van der Waals surface area contributed by atoms with Crippen LogP contribution in [0.2, 0.25) is 0 Å². The molecule has 0 unspecified atom stereocenters. The Kier molecular flexibility index (Phi) is 4.47. The van der Waals surface area contributed by atoms with E-state index in [-0.39, 0.29) is 35.3 Å². The number of hydrogen-bond acceptors (Lipinski definition) is 4. The number of benzene rings is 2. The molecule has 2 atom stereocenters. The summed E-state index contributed by atoms with van der Waals surface area (Å²) < 4.78 is 0. The third kappa shape index (κ3) is 3.17. The van der Waals surface area contributed by atoms with E-state index in [1.54, 1.807) is 36.4 Å². The van der Waals surface area contributed by atoms with Gasteiger partial charge in [0.2, 0.25) is 11.8 Å². The maximum Gasteiger partial charge on any atom is 0.255 e. The number of anilines is 2. The highest BCUT2D eigenvalue weighted by molar-refractivity contribution is 6.22. The molecule has 2 aliphatic rings. The number of amides is 3. The normalized spacial score (nSPS) is 21.3. The quantitative estimate of drug-likeness (QED) is 0.488. The van der Waals surface area contributed by atoms with Gasteiger partial charge < -0.3 is 10.4 Å². The molecule has 6 nitrogen and oxygen atoms in total. The molecule has 1 aliphatic heterocycles. The first-order chi connectivity index (χ1) is 13.4. The van der Waals surface area contributed by atoms with Gasteiger partial charge in [-0.3, -0.25) is 19.3 Å². The van der Waals surface area contributed by atoms with Gasteiger partial charge in [-0.25, -0.2) is 0 Å². The summed E-state index contributed by atoms with van der Waals surface area (Å²) in [6.07, 6.45) is 3.21. The fraction of sp³-hybridized carbons (Fsp3) is 0.227. The smallest absolute Gasteiger partial charge is 0.255 e. The van der Waals surface area contributed by atoms with Crippen LogP contribution in [0, 0.1) is 11.8 Å². The van der Waals surface area contributed by atoms with Crippen molar-refractivity contribution in [3.05, 3.63) is 65.7 Å². The van der Waals surface area contributed by atoms with E-state index in [0.717, 1.165) is 5.57 Å². The van der Waals surface area contributed by atoms with Crippen LogP contribution in [0.25, 0.3) is 0 Å². The average Bonchev–Trinajstić information content (AvgIpc) is 2.93. The van der Waals surface area contributed by atoms with E-state index in [1.807, 2.05) is 13.0 Å². The molecule has 0 bridgehead atoms. The number of nitrogens with one attached hydrogen (secondary N) is 1. The summed E-state index contributed by atoms with van der Waals surface area (Å²) in [5.74, 6) is -1.27. The number of allylic oxidation sites excluding steroid dienone is 2. The van der Waals surface area contributed by atoms with Crippen LogP contribution in [0.15, 0.2) is 60.2 Å². The zero-order chi connectivity index (χ0) is 19.8. The summed E-state index contributed by atoms with van der Waals surface area (Å²) in [4.78, 5) is 39.4. The minimum Gasteiger partial charge on any atom is -0.508 e. The zero-order valence-corrected chi connectivity index (χ0v) is 15.4. The Morgan fingerprint density at radius 2 is 1.79 bits per heavy atom. The second kappa shape index (κ2) is 6.96. The summed E-state index contributed by atoms with van der Waals surface area (Å²) in [7, 11) is 0. The van der Waals surface area contributed by atoms with Gasteiger partial charge >= 0.3 is 0 Å². The molecule has 2 N–H and O–H groups in total. The second-order valence-electron chi connectivity index (χ2n) is 7.27. The molecule has 28 heavy (non-hydrogen) atoms. The Bertz CT molecular complexity index is 994. The predicted octanol–water partition coefficient (Wildman–Crippen LogP) is 3.49. The number of carbonyl (C=O) groups is 3. The van der Waals surface area contributed by atoms with Crippen molar-refractivity contribution in [1.82, 2.24) is 0 Å². The molecule has 142 valence electrons. The molecule has 4 rings (SSSR count). The highest BCUT2D eigenvalue weighted by Gasteiger charge is 2.48.